The fourth-order valence-electron chi connectivity index (χ4n) is 2.03. The maximum atomic E-state index is 6.20. The number of methoxy groups -OCH3 is 1. The normalized spacial score (nSPS) is 12.2. The molecule has 0 aliphatic heterocycles. The number of nitrogens with one attached hydrogen (secondary N) is 1. The molecule has 0 amide bonds. The Morgan fingerprint density at radius 2 is 2.00 bits per heavy atom. The molecule has 106 valence electrons. The lowest BCUT2D eigenvalue weighted by atomic mass is 10.1. The lowest BCUT2D eigenvalue weighted by molar-refractivity contribution is 0.412. The van der Waals surface area contributed by atoms with Crippen LogP contribution >= 0.6 is 27.5 Å². The standard InChI is InChI=1S/C16H17BrClNO/c1-11(13-5-3-4-6-15(13)18)19-10-12-7-8-16(20-2)14(17)9-12/h3-9,11,19H,10H2,1-2H3/t11-/m0/s1. The van der Waals surface area contributed by atoms with Crippen LogP contribution in [0.25, 0.3) is 0 Å². The summed E-state index contributed by atoms with van der Waals surface area (Å²) in [6.07, 6.45) is 0. The van der Waals surface area contributed by atoms with Crippen LogP contribution in [0.15, 0.2) is 46.9 Å². The Morgan fingerprint density at radius 1 is 1.25 bits per heavy atom. The average Bonchev–Trinajstić information content (AvgIpc) is 2.45. The summed E-state index contributed by atoms with van der Waals surface area (Å²) >= 11 is 9.70. The first-order valence-electron chi connectivity index (χ1n) is 6.42. The van der Waals surface area contributed by atoms with Crippen molar-refractivity contribution in [3.05, 3.63) is 63.1 Å². The first-order valence-corrected chi connectivity index (χ1v) is 7.59. The van der Waals surface area contributed by atoms with Gasteiger partial charge in [-0.3, -0.25) is 0 Å². The van der Waals surface area contributed by atoms with E-state index < -0.39 is 0 Å². The number of ether oxygens (including phenoxy) is 1. The van der Waals surface area contributed by atoms with Gasteiger partial charge in [-0.1, -0.05) is 35.9 Å². The molecule has 0 spiro atoms. The Kier molecular flexibility index (Phi) is 5.46. The number of hydrogen-bond acceptors (Lipinski definition) is 2. The largest absolute Gasteiger partial charge is 0.496 e. The summed E-state index contributed by atoms with van der Waals surface area (Å²) in [5.74, 6) is 0.841. The Morgan fingerprint density at radius 3 is 2.65 bits per heavy atom. The highest BCUT2D eigenvalue weighted by Crippen LogP contribution is 2.26. The fraction of sp³-hybridized carbons (Fsp3) is 0.250. The van der Waals surface area contributed by atoms with Crippen molar-refractivity contribution in [3.8, 4) is 5.75 Å². The molecule has 0 heterocycles. The van der Waals surface area contributed by atoms with E-state index in [2.05, 4.69) is 40.3 Å². The second-order valence-corrected chi connectivity index (χ2v) is 5.85. The van der Waals surface area contributed by atoms with Crippen LogP contribution in [0.3, 0.4) is 0 Å². The van der Waals surface area contributed by atoms with Gasteiger partial charge in [-0.05, 0) is 52.2 Å². The Hall–Kier alpha value is -1.03. The third-order valence-corrected chi connectivity index (χ3v) is 4.16. The van der Waals surface area contributed by atoms with Crippen LogP contribution in [0.1, 0.15) is 24.1 Å². The molecule has 0 radical (unpaired) electrons. The van der Waals surface area contributed by atoms with E-state index in [0.29, 0.717) is 0 Å². The van der Waals surface area contributed by atoms with Crippen molar-refractivity contribution in [1.29, 1.82) is 0 Å². The van der Waals surface area contributed by atoms with Gasteiger partial charge in [0.15, 0.2) is 0 Å². The van der Waals surface area contributed by atoms with E-state index in [1.54, 1.807) is 7.11 Å². The second-order valence-electron chi connectivity index (χ2n) is 4.59. The molecule has 1 atom stereocenters. The minimum atomic E-state index is 0.199. The zero-order valence-electron chi connectivity index (χ0n) is 11.5. The van der Waals surface area contributed by atoms with E-state index in [1.807, 2.05) is 30.3 Å². The van der Waals surface area contributed by atoms with Crippen molar-refractivity contribution < 1.29 is 4.74 Å². The molecule has 0 unspecified atom stereocenters. The van der Waals surface area contributed by atoms with E-state index in [4.69, 9.17) is 16.3 Å². The summed E-state index contributed by atoms with van der Waals surface area (Å²) in [6, 6.07) is 14.2. The lowest BCUT2D eigenvalue weighted by Crippen LogP contribution is -2.18. The molecule has 2 aromatic rings. The monoisotopic (exact) mass is 353 g/mol. The van der Waals surface area contributed by atoms with Gasteiger partial charge in [-0.25, -0.2) is 0 Å². The van der Waals surface area contributed by atoms with Crippen LogP contribution in [-0.4, -0.2) is 7.11 Å². The highest BCUT2D eigenvalue weighted by molar-refractivity contribution is 9.10. The molecule has 0 saturated heterocycles. The van der Waals surface area contributed by atoms with Crippen molar-refractivity contribution in [2.75, 3.05) is 7.11 Å². The Bertz CT molecular complexity index is 588. The summed E-state index contributed by atoms with van der Waals surface area (Å²) in [4.78, 5) is 0. The molecule has 0 bridgehead atoms. The average molecular weight is 355 g/mol. The molecule has 0 aromatic heterocycles. The van der Waals surface area contributed by atoms with Gasteiger partial charge in [0.1, 0.15) is 5.75 Å². The Balaban J connectivity index is 2.02. The van der Waals surface area contributed by atoms with E-state index in [9.17, 15) is 0 Å². The predicted octanol–water partition coefficient (Wildman–Crippen LogP) is 4.96. The molecular formula is C16H17BrClNO. The molecule has 0 saturated carbocycles. The fourth-order valence-corrected chi connectivity index (χ4v) is 2.91. The first kappa shape index (κ1) is 15.4. The molecule has 1 N–H and O–H groups in total. The number of hydrogen-bond donors (Lipinski definition) is 1. The molecule has 20 heavy (non-hydrogen) atoms. The van der Waals surface area contributed by atoms with Crippen molar-refractivity contribution in [2.45, 2.75) is 19.5 Å². The summed E-state index contributed by atoms with van der Waals surface area (Å²) < 4.78 is 6.19. The first-order chi connectivity index (χ1) is 9.61. The maximum Gasteiger partial charge on any atom is 0.133 e. The summed E-state index contributed by atoms with van der Waals surface area (Å²) in [7, 11) is 1.66. The smallest absolute Gasteiger partial charge is 0.133 e. The van der Waals surface area contributed by atoms with Gasteiger partial charge in [-0.2, -0.15) is 0 Å². The zero-order valence-corrected chi connectivity index (χ0v) is 13.8. The summed E-state index contributed by atoms with van der Waals surface area (Å²) in [6.45, 7) is 2.88. The summed E-state index contributed by atoms with van der Waals surface area (Å²) in [5, 5.41) is 4.27. The third kappa shape index (κ3) is 3.75. The lowest BCUT2D eigenvalue weighted by Gasteiger charge is -2.16. The van der Waals surface area contributed by atoms with E-state index in [0.717, 1.165) is 27.4 Å². The van der Waals surface area contributed by atoms with Crippen LogP contribution in [0.5, 0.6) is 5.75 Å². The van der Waals surface area contributed by atoms with Crippen LogP contribution in [0, 0.1) is 0 Å². The van der Waals surface area contributed by atoms with Gasteiger partial charge in [0, 0.05) is 17.6 Å². The van der Waals surface area contributed by atoms with Crippen molar-refractivity contribution in [1.82, 2.24) is 5.32 Å². The maximum absolute atomic E-state index is 6.20. The van der Waals surface area contributed by atoms with Gasteiger partial charge >= 0.3 is 0 Å². The van der Waals surface area contributed by atoms with Crippen LogP contribution in [-0.2, 0) is 6.54 Å². The molecule has 2 nitrogen and oxygen atoms in total. The van der Waals surface area contributed by atoms with Crippen molar-refractivity contribution in [2.24, 2.45) is 0 Å². The van der Waals surface area contributed by atoms with E-state index in [1.165, 1.54) is 5.56 Å². The Labute approximate surface area is 133 Å². The van der Waals surface area contributed by atoms with Gasteiger partial charge in [-0.15, -0.1) is 0 Å². The van der Waals surface area contributed by atoms with Gasteiger partial charge < -0.3 is 10.1 Å². The molecule has 2 rings (SSSR count). The number of halogens is 2. The van der Waals surface area contributed by atoms with Crippen molar-refractivity contribution in [3.63, 3.8) is 0 Å². The van der Waals surface area contributed by atoms with Crippen LogP contribution < -0.4 is 10.1 Å². The van der Waals surface area contributed by atoms with E-state index in [-0.39, 0.29) is 6.04 Å². The SMILES string of the molecule is COc1ccc(CN[C@@H](C)c2ccccc2Cl)cc1Br. The summed E-state index contributed by atoms with van der Waals surface area (Å²) in [5.41, 5.74) is 2.30. The molecular weight excluding hydrogens is 338 g/mol. The van der Waals surface area contributed by atoms with Crippen LogP contribution in [0.2, 0.25) is 5.02 Å². The second kappa shape index (κ2) is 7.11. The highest BCUT2D eigenvalue weighted by atomic mass is 79.9. The van der Waals surface area contributed by atoms with E-state index >= 15 is 0 Å². The van der Waals surface area contributed by atoms with Gasteiger partial charge in [0.2, 0.25) is 0 Å². The van der Waals surface area contributed by atoms with Crippen LogP contribution in [0.4, 0.5) is 0 Å². The third-order valence-electron chi connectivity index (χ3n) is 3.20. The van der Waals surface area contributed by atoms with Gasteiger partial charge in [0.25, 0.3) is 0 Å². The number of rotatable bonds is 5. The molecule has 0 fully saturated rings. The quantitative estimate of drug-likeness (QED) is 0.819. The van der Waals surface area contributed by atoms with Crippen molar-refractivity contribution >= 4 is 27.5 Å². The molecule has 0 aliphatic rings. The molecule has 0 aliphatic carbocycles. The minimum Gasteiger partial charge on any atom is -0.496 e. The van der Waals surface area contributed by atoms with Gasteiger partial charge in [0.05, 0.1) is 11.6 Å². The molecule has 2 aromatic carbocycles. The topological polar surface area (TPSA) is 21.3 Å². The minimum absolute atomic E-state index is 0.199. The zero-order chi connectivity index (χ0) is 14.5. The highest BCUT2D eigenvalue weighted by Gasteiger charge is 2.09. The molecule has 4 heteroatoms. The predicted molar refractivity (Wildman–Crippen MR) is 87.4 cm³/mol. The number of benzene rings is 2.